The van der Waals surface area contributed by atoms with Gasteiger partial charge >= 0.3 is 5.97 Å². The molecule has 1 saturated heterocycles. The molecule has 0 atom stereocenters. The van der Waals surface area contributed by atoms with Crippen LogP contribution in [0.4, 0.5) is 4.39 Å². The van der Waals surface area contributed by atoms with Gasteiger partial charge in [0.2, 0.25) is 5.82 Å². The normalized spacial score (nSPS) is 14.9. The van der Waals surface area contributed by atoms with Crippen molar-refractivity contribution in [3.8, 4) is 11.4 Å². The van der Waals surface area contributed by atoms with E-state index >= 15 is 0 Å². The Kier molecular flexibility index (Phi) is 8.93. The zero-order valence-electron chi connectivity index (χ0n) is 22.8. The highest BCUT2D eigenvalue weighted by Crippen LogP contribution is 2.27. The van der Waals surface area contributed by atoms with E-state index in [9.17, 15) is 14.3 Å². The number of allylic oxidation sites excluding steroid dienone is 2. The molecule has 8 nitrogen and oxygen atoms in total. The number of hydrogen-bond donors (Lipinski definition) is 2. The summed E-state index contributed by atoms with van der Waals surface area (Å²) >= 11 is 0. The highest BCUT2D eigenvalue weighted by molar-refractivity contribution is 5.79. The van der Waals surface area contributed by atoms with E-state index in [2.05, 4.69) is 47.6 Å². The zero-order valence-corrected chi connectivity index (χ0v) is 22.8. The molecule has 4 rings (SSSR count). The summed E-state index contributed by atoms with van der Waals surface area (Å²) in [5, 5.41) is 14.9. The molecule has 206 valence electrons. The minimum Gasteiger partial charge on any atom is -0.481 e. The number of nitrogens with zero attached hydrogens (tertiary/aromatic N) is 4. The van der Waals surface area contributed by atoms with Crippen LogP contribution in [0.3, 0.4) is 0 Å². The Labute approximate surface area is 228 Å². The minimum atomic E-state index is -0.685. The van der Waals surface area contributed by atoms with Gasteiger partial charge in [0.25, 0.3) is 5.89 Å². The summed E-state index contributed by atoms with van der Waals surface area (Å²) in [7, 11) is 0. The van der Waals surface area contributed by atoms with Gasteiger partial charge in [-0.3, -0.25) is 4.79 Å². The summed E-state index contributed by atoms with van der Waals surface area (Å²) in [6.07, 6.45) is 4.02. The molecule has 0 amide bonds. The van der Waals surface area contributed by atoms with Gasteiger partial charge < -0.3 is 19.5 Å². The van der Waals surface area contributed by atoms with Crippen molar-refractivity contribution in [2.75, 3.05) is 26.2 Å². The van der Waals surface area contributed by atoms with Crippen molar-refractivity contribution in [3.63, 3.8) is 0 Å². The Morgan fingerprint density at radius 2 is 1.95 bits per heavy atom. The van der Waals surface area contributed by atoms with Crippen molar-refractivity contribution in [2.45, 2.75) is 40.0 Å². The van der Waals surface area contributed by atoms with Crippen LogP contribution in [0.2, 0.25) is 0 Å². The summed E-state index contributed by atoms with van der Waals surface area (Å²) < 4.78 is 19.4. The van der Waals surface area contributed by atoms with Crippen molar-refractivity contribution >= 4 is 17.2 Å². The van der Waals surface area contributed by atoms with Gasteiger partial charge in [0, 0.05) is 29.8 Å². The quantitative estimate of drug-likeness (QED) is 0.211. The van der Waals surface area contributed by atoms with Crippen LogP contribution >= 0.6 is 0 Å². The smallest absolute Gasteiger partial charge is 0.306 e. The molecule has 9 heteroatoms. The SMILES string of the molecule is C=C(/C=C(/c1cccc(F)c1)N(N)CC)c1nc(-c2cc(C)c(CCN3CCC(C(=O)O)CC3)c(C)c2)no1. The number of aliphatic carboxylic acids is 1. The molecule has 1 aromatic heterocycles. The first-order valence-corrected chi connectivity index (χ1v) is 13.2. The fourth-order valence-electron chi connectivity index (χ4n) is 5.04. The first-order valence-electron chi connectivity index (χ1n) is 13.2. The van der Waals surface area contributed by atoms with E-state index in [0.29, 0.717) is 42.0 Å². The van der Waals surface area contributed by atoms with Gasteiger partial charge in [-0.15, -0.1) is 0 Å². The van der Waals surface area contributed by atoms with Gasteiger partial charge in [-0.2, -0.15) is 4.98 Å². The van der Waals surface area contributed by atoms with E-state index in [0.717, 1.165) is 42.7 Å². The second-order valence-corrected chi connectivity index (χ2v) is 10.1. The molecule has 1 fully saturated rings. The number of benzene rings is 2. The minimum absolute atomic E-state index is 0.218. The van der Waals surface area contributed by atoms with Gasteiger partial charge in [0.05, 0.1) is 11.6 Å². The zero-order chi connectivity index (χ0) is 28.1. The van der Waals surface area contributed by atoms with Crippen LogP contribution in [0, 0.1) is 25.6 Å². The molecule has 0 aliphatic carbocycles. The highest BCUT2D eigenvalue weighted by Gasteiger charge is 2.24. The van der Waals surface area contributed by atoms with E-state index in [-0.39, 0.29) is 17.6 Å². The van der Waals surface area contributed by atoms with E-state index in [1.807, 2.05) is 6.92 Å². The summed E-state index contributed by atoms with van der Waals surface area (Å²) in [6, 6.07) is 10.3. The lowest BCUT2D eigenvalue weighted by molar-refractivity contribution is -0.143. The number of nitrogens with two attached hydrogens (primary N) is 1. The maximum atomic E-state index is 13.9. The number of carbonyl (C=O) groups is 1. The number of aromatic nitrogens is 2. The molecule has 1 aliphatic heterocycles. The Hall–Kier alpha value is -3.82. The molecule has 2 heterocycles. The molecule has 3 N–H and O–H groups in total. The first-order chi connectivity index (χ1) is 18.7. The molecule has 0 spiro atoms. The van der Waals surface area contributed by atoms with E-state index in [1.54, 1.807) is 18.2 Å². The molecule has 0 radical (unpaired) electrons. The molecule has 0 bridgehead atoms. The van der Waals surface area contributed by atoms with Gasteiger partial charge in [0.1, 0.15) is 5.82 Å². The Bertz CT molecular complexity index is 1350. The highest BCUT2D eigenvalue weighted by atomic mass is 19.1. The topological polar surface area (TPSA) is 109 Å². The molecule has 1 aliphatic rings. The van der Waals surface area contributed by atoms with Gasteiger partial charge in [-0.1, -0.05) is 23.9 Å². The van der Waals surface area contributed by atoms with E-state index in [4.69, 9.17) is 10.4 Å². The van der Waals surface area contributed by atoms with Crippen LogP contribution in [0.15, 0.2) is 53.6 Å². The maximum Gasteiger partial charge on any atom is 0.306 e. The second-order valence-electron chi connectivity index (χ2n) is 10.1. The number of piperidine rings is 1. The fraction of sp³-hybridized carbons (Fsp3) is 0.367. The van der Waals surface area contributed by atoms with Gasteiger partial charge in [-0.05, 0) is 100 Å². The summed E-state index contributed by atoms with van der Waals surface area (Å²) in [6.45, 7) is 13.2. The van der Waals surface area contributed by atoms with Crippen molar-refractivity contribution in [3.05, 3.63) is 83.0 Å². The predicted octanol–water partition coefficient (Wildman–Crippen LogP) is 5.08. The summed E-state index contributed by atoms with van der Waals surface area (Å²) in [5.74, 6) is 5.62. The van der Waals surface area contributed by atoms with Gasteiger partial charge in [-0.25, -0.2) is 10.2 Å². The second kappa shape index (κ2) is 12.4. The standard InChI is InChI=1S/C30H36FN5O3/c1-5-36(32)27(23-7-6-8-25(31)18-23)17-21(4)29-33-28(34-39-29)24-15-19(2)26(20(3)16-24)11-14-35-12-9-22(10-13-35)30(37)38/h6-8,15-18,22H,4-5,9-14,32H2,1-3H3,(H,37,38)/b27-17-. The average Bonchev–Trinajstić information content (AvgIpc) is 3.41. The van der Waals surface area contributed by atoms with Crippen LogP contribution in [0.5, 0.6) is 0 Å². The number of carboxylic acid groups (broad SMARTS) is 1. The lowest BCUT2D eigenvalue weighted by Crippen LogP contribution is -2.37. The number of rotatable bonds is 10. The van der Waals surface area contributed by atoms with Crippen LogP contribution in [0.1, 0.15) is 47.9 Å². The first kappa shape index (κ1) is 28.2. The van der Waals surface area contributed by atoms with Crippen LogP contribution in [-0.2, 0) is 11.2 Å². The Balaban J connectivity index is 1.48. The van der Waals surface area contributed by atoms with Crippen molar-refractivity contribution in [1.82, 2.24) is 20.0 Å². The average molecular weight is 534 g/mol. The summed E-state index contributed by atoms with van der Waals surface area (Å²) in [5.41, 5.74) is 6.09. The third kappa shape index (κ3) is 6.79. The van der Waals surface area contributed by atoms with Crippen molar-refractivity contribution < 1.29 is 18.8 Å². The van der Waals surface area contributed by atoms with Gasteiger partial charge in [0.15, 0.2) is 0 Å². The molecule has 39 heavy (non-hydrogen) atoms. The molecular formula is C30H36FN5O3. The molecule has 0 unspecified atom stereocenters. The van der Waals surface area contributed by atoms with Crippen molar-refractivity contribution in [2.24, 2.45) is 11.8 Å². The van der Waals surface area contributed by atoms with Crippen LogP contribution in [-0.4, -0.2) is 57.3 Å². The third-order valence-electron chi connectivity index (χ3n) is 7.35. The lowest BCUT2D eigenvalue weighted by atomic mass is 9.94. The fourth-order valence-corrected chi connectivity index (χ4v) is 5.04. The number of hydrazine groups is 1. The van der Waals surface area contributed by atoms with Crippen LogP contribution in [0.25, 0.3) is 22.7 Å². The number of aryl methyl sites for hydroxylation is 2. The summed E-state index contributed by atoms with van der Waals surface area (Å²) in [4.78, 5) is 18.1. The molecule has 3 aromatic rings. The monoisotopic (exact) mass is 533 g/mol. The number of hydrogen-bond acceptors (Lipinski definition) is 7. The molecular weight excluding hydrogens is 497 g/mol. The number of likely N-dealkylation sites (tertiary alicyclic amines) is 1. The van der Waals surface area contributed by atoms with E-state index in [1.165, 1.54) is 22.7 Å². The van der Waals surface area contributed by atoms with E-state index < -0.39 is 5.97 Å². The molecule has 2 aromatic carbocycles. The number of halogens is 1. The number of carboxylic acids is 1. The third-order valence-corrected chi connectivity index (χ3v) is 7.35. The largest absolute Gasteiger partial charge is 0.481 e. The van der Waals surface area contributed by atoms with Crippen molar-refractivity contribution in [1.29, 1.82) is 0 Å². The molecule has 0 saturated carbocycles. The maximum absolute atomic E-state index is 13.9. The Morgan fingerprint density at radius 3 is 2.56 bits per heavy atom. The lowest BCUT2D eigenvalue weighted by Gasteiger charge is -2.30. The Morgan fingerprint density at radius 1 is 1.26 bits per heavy atom. The van der Waals surface area contributed by atoms with Crippen LogP contribution < -0.4 is 5.84 Å². The predicted molar refractivity (Wildman–Crippen MR) is 150 cm³/mol.